The SMILES string of the molecule is Clc1ccc2cc3ccc(Cl)cc3[o+]c2c1. The third kappa shape index (κ3) is 1.62. The van der Waals surface area contributed by atoms with Crippen molar-refractivity contribution in [3.63, 3.8) is 0 Å². The summed E-state index contributed by atoms with van der Waals surface area (Å²) in [5.41, 5.74) is 1.53. The molecule has 0 atom stereocenters. The van der Waals surface area contributed by atoms with Crippen molar-refractivity contribution in [3.8, 4) is 0 Å². The minimum atomic E-state index is 0.664. The molecule has 2 aromatic carbocycles. The molecule has 0 amide bonds. The molecule has 3 heteroatoms. The van der Waals surface area contributed by atoms with E-state index in [-0.39, 0.29) is 0 Å². The Hall–Kier alpha value is -1.31. The highest BCUT2D eigenvalue weighted by atomic mass is 35.5. The molecule has 0 fully saturated rings. The molecule has 3 rings (SSSR count). The maximum absolute atomic E-state index is 5.92. The summed E-state index contributed by atoms with van der Waals surface area (Å²) < 4.78 is 5.74. The first-order valence-corrected chi connectivity index (χ1v) is 5.60. The van der Waals surface area contributed by atoms with Gasteiger partial charge in [0, 0.05) is 0 Å². The highest BCUT2D eigenvalue weighted by Gasteiger charge is 2.12. The molecule has 3 aromatic rings. The van der Waals surface area contributed by atoms with Crippen LogP contribution in [0.3, 0.4) is 0 Å². The van der Waals surface area contributed by atoms with Crippen LogP contribution in [-0.4, -0.2) is 0 Å². The van der Waals surface area contributed by atoms with Crippen LogP contribution >= 0.6 is 23.2 Å². The Bertz CT molecular complexity index is 635. The summed E-state index contributed by atoms with van der Waals surface area (Å²) in [6.07, 6.45) is 0. The van der Waals surface area contributed by atoms with Crippen LogP contribution < -0.4 is 0 Å². The van der Waals surface area contributed by atoms with E-state index >= 15 is 0 Å². The second kappa shape index (κ2) is 3.62. The number of rotatable bonds is 0. The molecule has 0 unspecified atom stereocenters. The van der Waals surface area contributed by atoms with Crippen molar-refractivity contribution in [3.05, 3.63) is 52.5 Å². The summed E-state index contributed by atoms with van der Waals surface area (Å²) in [7, 11) is 0. The van der Waals surface area contributed by atoms with Gasteiger partial charge in [-0.3, -0.25) is 0 Å². The maximum Gasteiger partial charge on any atom is 0.362 e. The van der Waals surface area contributed by atoms with E-state index in [9.17, 15) is 0 Å². The lowest BCUT2D eigenvalue weighted by Gasteiger charge is -1.93. The Labute approximate surface area is 102 Å². The molecule has 0 N–H and O–H groups in total. The third-order valence-corrected chi connectivity index (χ3v) is 2.95. The van der Waals surface area contributed by atoms with E-state index < -0.39 is 0 Å². The first-order valence-electron chi connectivity index (χ1n) is 4.84. The van der Waals surface area contributed by atoms with E-state index in [0.717, 1.165) is 21.9 Å². The van der Waals surface area contributed by atoms with E-state index in [2.05, 4.69) is 6.07 Å². The molecular formula is C13H7Cl2O+. The summed E-state index contributed by atoms with van der Waals surface area (Å²) in [4.78, 5) is 0. The van der Waals surface area contributed by atoms with Crippen molar-refractivity contribution >= 4 is 45.1 Å². The molecule has 0 aliphatic heterocycles. The summed E-state index contributed by atoms with van der Waals surface area (Å²) in [6.45, 7) is 0. The van der Waals surface area contributed by atoms with Crippen LogP contribution in [0.15, 0.2) is 46.9 Å². The number of fused-ring (bicyclic) bond motifs is 2. The Balaban J connectivity index is 2.44. The molecule has 0 saturated carbocycles. The summed E-state index contributed by atoms with van der Waals surface area (Å²) >= 11 is 11.8. The van der Waals surface area contributed by atoms with E-state index in [0.29, 0.717) is 10.0 Å². The molecule has 1 nitrogen and oxygen atoms in total. The van der Waals surface area contributed by atoms with E-state index in [1.807, 2.05) is 24.3 Å². The van der Waals surface area contributed by atoms with E-state index in [4.69, 9.17) is 27.6 Å². The van der Waals surface area contributed by atoms with Crippen LogP contribution in [-0.2, 0) is 0 Å². The number of halogens is 2. The molecule has 0 saturated heterocycles. The van der Waals surface area contributed by atoms with Gasteiger partial charge in [-0.15, -0.1) is 0 Å². The maximum atomic E-state index is 5.92. The van der Waals surface area contributed by atoms with E-state index in [1.54, 1.807) is 12.1 Å². The van der Waals surface area contributed by atoms with Gasteiger partial charge in [-0.2, -0.15) is 0 Å². The zero-order valence-corrected chi connectivity index (χ0v) is 9.72. The molecule has 0 spiro atoms. The Morgan fingerprint density at radius 1 is 0.688 bits per heavy atom. The largest absolute Gasteiger partial charge is 0.362 e. The fraction of sp³-hybridized carbons (Fsp3) is 0. The summed E-state index contributed by atoms with van der Waals surface area (Å²) in [5.74, 6) is 0. The minimum absolute atomic E-state index is 0.664. The molecule has 16 heavy (non-hydrogen) atoms. The fourth-order valence-corrected chi connectivity index (χ4v) is 2.04. The number of benzene rings is 2. The van der Waals surface area contributed by atoms with Crippen molar-refractivity contribution in [1.29, 1.82) is 0 Å². The Morgan fingerprint density at radius 3 is 1.69 bits per heavy atom. The van der Waals surface area contributed by atoms with Crippen LogP contribution in [0.4, 0.5) is 0 Å². The quantitative estimate of drug-likeness (QED) is 0.395. The van der Waals surface area contributed by atoms with E-state index in [1.165, 1.54) is 0 Å². The van der Waals surface area contributed by atoms with Crippen molar-refractivity contribution in [2.75, 3.05) is 0 Å². The normalized spacial score (nSPS) is 11.1. The van der Waals surface area contributed by atoms with Gasteiger partial charge >= 0.3 is 11.2 Å². The van der Waals surface area contributed by atoms with Gasteiger partial charge in [0.15, 0.2) is 0 Å². The predicted octanol–water partition coefficient (Wildman–Crippen LogP) is 5.17. The molecule has 0 bridgehead atoms. The third-order valence-electron chi connectivity index (χ3n) is 2.48. The van der Waals surface area contributed by atoms with Crippen LogP contribution in [0.25, 0.3) is 21.9 Å². The second-order valence-corrected chi connectivity index (χ2v) is 4.48. The van der Waals surface area contributed by atoms with Gasteiger partial charge in [-0.25, -0.2) is 4.42 Å². The standard InChI is InChI=1S/C13H7Cl2O/c14-10-3-1-8-5-9-2-4-11(15)7-13(9)16-12(8)6-10/h1-7H/q+1. The van der Waals surface area contributed by atoms with Crippen LogP contribution in [0.2, 0.25) is 10.0 Å². The van der Waals surface area contributed by atoms with Crippen LogP contribution in [0, 0.1) is 0 Å². The lowest BCUT2D eigenvalue weighted by atomic mass is 10.1. The van der Waals surface area contributed by atoms with Gasteiger partial charge in [-0.1, -0.05) is 23.2 Å². The molecule has 0 aliphatic carbocycles. The highest BCUT2D eigenvalue weighted by Crippen LogP contribution is 2.27. The highest BCUT2D eigenvalue weighted by molar-refractivity contribution is 6.31. The van der Waals surface area contributed by atoms with Crippen LogP contribution in [0.5, 0.6) is 0 Å². The summed E-state index contributed by atoms with van der Waals surface area (Å²) in [5, 5.41) is 3.38. The number of hydrogen-bond donors (Lipinski definition) is 0. The number of hydrogen-bond acceptors (Lipinski definition) is 0. The van der Waals surface area contributed by atoms with Gasteiger partial charge in [0.05, 0.1) is 33.0 Å². The van der Waals surface area contributed by atoms with Crippen molar-refractivity contribution in [1.82, 2.24) is 0 Å². The zero-order chi connectivity index (χ0) is 11.1. The molecular weight excluding hydrogens is 243 g/mol. The van der Waals surface area contributed by atoms with Crippen molar-refractivity contribution < 1.29 is 4.42 Å². The topological polar surface area (TPSA) is 11.3 Å². The molecule has 1 heterocycles. The van der Waals surface area contributed by atoms with Gasteiger partial charge in [0.25, 0.3) is 0 Å². The van der Waals surface area contributed by atoms with Gasteiger partial charge in [0.1, 0.15) is 0 Å². The lowest BCUT2D eigenvalue weighted by Crippen LogP contribution is -1.76. The molecule has 78 valence electrons. The van der Waals surface area contributed by atoms with Crippen LogP contribution in [0.1, 0.15) is 0 Å². The minimum Gasteiger partial charge on any atom is -0.207 e. The van der Waals surface area contributed by atoms with Gasteiger partial charge < -0.3 is 0 Å². The zero-order valence-electron chi connectivity index (χ0n) is 8.21. The monoisotopic (exact) mass is 249 g/mol. The molecule has 1 aromatic heterocycles. The first-order chi connectivity index (χ1) is 7.72. The average molecular weight is 250 g/mol. The Morgan fingerprint density at radius 2 is 1.19 bits per heavy atom. The smallest absolute Gasteiger partial charge is 0.207 e. The van der Waals surface area contributed by atoms with Gasteiger partial charge in [-0.05, 0) is 30.3 Å². The first kappa shape index (κ1) is 9.88. The lowest BCUT2D eigenvalue weighted by molar-refractivity contribution is 0.661. The summed E-state index contributed by atoms with van der Waals surface area (Å²) in [6, 6.07) is 13.2. The predicted molar refractivity (Wildman–Crippen MR) is 68.1 cm³/mol. The average Bonchev–Trinajstić information content (AvgIpc) is 2.26. The molecule has 0 radical (unpaired) electrons. The Kier molecular flexibility index (Phi) is 2.23. The van der Waals surface area contributed by atoms with Crippen molar-refractivity contribution in [2.45, 2.75) is 0 Å². The molecule has 0 aliphatic rings. The second-order valence-electron chi connectivity index (χ2n) is 3.61. The fourth-order valence-electron chi connectivity index (χ4n) is 1.72. The van der Waals surface area contributed by atoms with Crippen molar-refractivity contribution in [2.24, 2.45) is 0 Å². The van der Waals surface area contributed by atoms with Gasteiger partial charge in [0.2, 0.25) is 0 Å².